The van der Waals surface area contributed by atoms with E-state index in [-0.39, 0.29) is 17.8 Å². The van der Waals surface area contributed by atoms with E-state index >= 15 is 0 Å². The summed E-state index contributed by atoms with van der Waals surface area (Å²) in [7, 11) is 0. The van der Waals surface area contributed by atoms with Gasteiger partial charge in [0.15, 0.2) is 5.78 Å². The van der Waals surface area contributed by atoms with E-state index in [1.807, 2.05) is 20.8 Å². The minimum absolute atomic E-state index is 0.147. The van der Waals surface area contributed by atoms with Gasteiger partial charge in [0, 0.05) is 18.0 Å². The van der Waals surface area contributed by atoms with Crippen molar-refractivity contribution in [2.45, 2.75) is 58.9 Å². The van der Waals surface area contributed by atoms with Gasteiger partial charge in [-0.3, -0.25) is 9.69 Å². The summed E-state index contributed by atoms with van der Waals surface area (Å²) in [5.41, 5.74) is -0.275. The van der Waals surface area contributed by atoms with Crippen molar-refractivity contribution in [3.05, 3.63) is 0 Å². The van der Waals surface area contributed by atoms with Gasteiger partial charge in [0.05, 0.1) is 13.2 Å². The molecule has 0 aromatic heterocycles. The Morgan fingerprint density at radius 3 is 2.29 bits per heavy atom. The Morgan fingerprint density at radius 2 is 1.82 bits per heavy atom. The number of hydrogen-bond donors (Lipinski definition) is 1. The first kappa shape index (κ1) is 14.7. The molecule has 100 valence electrons. The molecular weight excluding hydrogens is 214 g/mol. The van der Waals surface area contributed by atoms with E-state index in [1.54, 1.807) is 0 Å². The number of nitrogens with zero attached hydrogens (tertiary/aromatic N) is 1. The summed E-state index contributed by atoms with van der Waals surface area (Å²) >= 11 is 0. The summed E-state index contributed by atoms with van der Waals surface area (Å²) in [5, 5.41) is 9.13. The van der Waals surface area contributed by atoms with Gasteiger partial charge in [0.1, 0.15) is 0 Å². The quantitative estimate of drug-likeness (QED) is 0.802. The van der Waals surface area contributed by atoms with Gasteiger partial charge in [-0.25, -0.2) is 0 Å². The molecule has 1 fully saturated rings. The molecule has 1 saturated carbocycles. The van der Waals surface area contributed by atoms with E-state index in [1.165, 1.54) is 32.1 Å². The lowest BCUT2D eigenvalue weighted by Crippen LogP contribution is -2.44. The number of aliphatic hydroxyl groups is 1. The van der Waals surface area contributed by atoms with Gasteiger partial charge in [-0.1, -0.05) is 40.0 Å². The maximum atomic E-state index is 12.1. The van der Waals surface area contributed by atoms with Crippen molar-refractivity contribution >= 4 is 5.78 Å². The van der Waals surface area contributed by atoms with Crippen LogP contribution in [-0.4, -0.2) is 41.5 Å². The number of rotatable bonds is 5. The Bertz CT molecular complexity index is 239. The Kier molecular flexibility index (Phi) is 5.60. The molecule has 0 heterocycles. The predicted octanol–water partition coefficient (Wildman–Crippen LogP) is 2.23. The second kappa shape index (κ2) is 6.50. The highest BCUT2D eigenvalue weighted by Crippen LogP contribution is 2.24. The first-order valence-electron chi connectivity index (χ1n) is 6.83. The molecule has 0 bridgehead atoms. The molecule has 0 amide bonds. The van der Waals surface area contributed by atoms with Crippen LogP contribution < -0.4 is 0 Å². The molecule has 17 heavy (non-hydrogen) atoms. The molecule has 0 aromatic carbocycles. The van der Waals surface area contributed by atoms with Crippen LogP contribution in [0.1, 0.15) is 52.9 Å². The van der Waals surface area contributed by atoms with Gasteiger partial charge < -0.3 is 5.11 Å². The number of Topliss-reactive ketones (excluding diaryl/α,β-unsaturated/α-hetero) is 1. The number of carbonyl (C=O) groups excluding carboxylic acids is 1. The van der Waals surface area contributed by atoms with E-state index in [9.17, 15) is 4.79 Å². The standard InChI is InChI=1S/C14H27NO2/c1-14(2,3)13(17)11-15(9-10-16)12-7-5-4-6-8-12/h12,16H,4-11H2,1-3H3. The van der Waals surface area contributed by atoms with Crippen LogP contribution in [-0.2, 0) is 4.79 Å². The Hall–Kier alpha value is -0.410. The molecule has 1 aliphatic carbocycles. The van der Waals surface area contributed by atoms with E-state index in [2.05, 4.69) is 4.90 Å². The van der Waals surface area contributed by atoms with Gasteiger partial charge in [-0.2, -0.15) is 0 Å². The van der Waals surface area contributed by atoms with Crippen LogP contribution in [0, 0.1) is 5.41 Å². The fraction of sp³-hybridized carbons (Fsp3) is 0.929. The summed E-state index contributed by atoms with van der Waals surface area (Å²) < 4.78 is 0. The van der Waals surface area contributed by atoms with Crippen LogP contribution in [0.15, 0.2) is 0 Å². The van der Waals surface area contributed by atoms with Crippen molar-refractivity contribution < 1.29 is 9.90 Å². The second-order valence-electron chi connectivity index (χ2n) is 6.16. The van der Waals surface area contributed by atoms with Crippen LogP contribution in [0.4, 0.5) is 0 Å². The topological polar surface area (TPSA) is 40.5 Å². The minimum atomic E-state index is -0.275. The fourth-order valence-electron chi connectivity index (χ4n) is 2.39. The smallest absolute Gasteiger partial charge is 0.152 e. The maximum absolute atomic E-state index is 12.1. The molecule has 0 spiro atoms. The van der Waals surface area contributed by atoms with Crippen molar-refractivity contribution in [1.82, 2.24) is 4.90 Å². The zero-order valence-electron chi connectivity index (χ0n) is 11.5. The van der Waals surface area contributed by atoms with Crippen molar-refractivity contribution in [3.63, 3.8) is 0 Å². The monoisotopic (exact) mass is 241 g/mol. The number of aliphatic hydroxyl groups excluding tert-OH is 1. The molecule has 0 unspecified atom stereocenters. The summed E-state index contributed by atoms with van der Waals surface area (Å²) in [4.78, 5) is 14.3. The second-order valence-corrected chi connectivity index (χ2v) is 6.16. The zero-order chi connectivity index (χ0) is 12.9. The van der Waals surface area contributed by atoms with Crippen LogP contribution in [0.25, 0.3) is 0 Å². The average molecular weight is 241 g/mol. The van der Waals surface area contributed by atoms with Gasteiger partial charge in [-0.15, -0.1) is 0 Å². The fourth-order valence-corrected chi connectivity index (χ4v) is 2.39. The van der Waals surface area contributed by atoms with Crippen LogP contribution in [0.5, 0.6) is 0 Å². The van der Waals surface area contributed by atoms with E-state index in [0.29, 0.717) is 19.1 Å². The molecule has 3 heteroatoms. The van der Waals surface area contributed by atoms with Gasteiger partial charge in [0.25, 0.3) is 0 Å². The molecule has 1 N–H and O–H groups in total. The molecule has 0 aromatic rings. The number of ketones is 1. The third-order valence-corrected chi connectivity index (χ3v) is 3.66. The highest BCUT2D eigenvalue weighted by atomic mass is 16.3. The Morgan fingerprint density at radius 1 is 1.24 bits per heavy atom. The normalized spacial score (nSPS) is 18.6. The SMILES string of the molecule is CC(C)(C)C(=O)CN(CCO)C1CCCCC1. The number of hydrogen-bond acceptors (Lipinski definition) is 3. The summed E-state index contributed by atoms with van der Waals surface area (Å²) in [6.07, 6.45) is 6.19. The van der Waals surface area contributed by atoms with E-state index in [4.69, 9.17) is 5.11 Å². The highest BCUT2D eigenvalue weighted by molar-refractivity contribution is 5.85. The molecule has 0 aliphatic heterocycles. The Labute approximate surface area is 105 Å². The van der Waals surface area contributed by atoms with Gasteiger partial charge in [-0.05, 0) is 12.8 Å². The third-order valence-electron chi connectivity index (χ3n) is 3.66. The molecule has 0 atom stereocenters. The molecule has 1 aliphatic rings. The average Bonchev–Trinajstić information content (AvgIpc) is 2.28. The lowest BCUT2D eigenvalue weighted by Gasteiger charge is -2.34. The maximum Gasteiger partial charge on any atom is 0.152 e. The van der Waals surface area contributed by atoms with Gasteiger partial charge in [0.2, 0.25) is 0 Å². The van der Waals surface area contributed by atoms with Crippen molar-refractivity contribution in [2.24, 2.45) is 5.41 Å². The molecule has 1 rings (SSSR count). The first-order chi connectivity index (χ1) is 7.95. The van der Waals surface area contributed by atoms with Crippen molar-refractivity contribution in [3.8, 4) is 0 Å². The Balaban J connectivity index is 2.55. The third kappa shape index (κ3) is 4.76. The predicted molar refractivity (Wildman–Crippen MR) is 70.0 cm³/mol. The first-order valence-corrected chi connectivity index (χ1v) is 6.83. The largest absolute Gasteiger partial charge is 0.395 e. The van der Waals surface area contributed by atoms with Gasteiger partial charge >= 0.3 is 0 Å². The van der Waals surface area contributed by atoms with Crippen molar-refractivity contribution in [2.75, 3.05) is 19.7 Å². The summed E-state index contributed by atoms with van der Waals surface area (Å²) in [5.74, 6) is 0.275. The molecule has 3 nitrogen and oxygen atoms in total. The number of carbonyl (C=O) groups is 1. The van der Waals surface area contributed by atoms with E-state index < -0.39 is 0 Å². The molecule has 0 radical (unpaired) electrons. The van der Waals surface area contributed by atoms with Crippen LogP contribution >= 0.6 is 0 Å². The van der Waals surface area contributed by atoms with Crippen LogP contribution in [0.3, 0.4) is 0 Å². The van der Waals surface area contributed by atoms with E-state index in [0.717, 1.165) is 0 Å². The summed E-state index contributed by atoms with van der Waals surface area (Å²) in [6, 6.07) is 0.502. The lowest BCUT2D eigenvalue weighted by atomic mass is 9.89. The molecule has 0 saturated heterocycles. The highest BCUT2D eigenvalue weighted by Gasteiger charge is 2.27. The zero-order valence-corrected chi connectivity index (χ0v) is 11.5. The van der Waals surface area contributed by atoms with Crippen molar-refractivity contribution in [1.29, 1.82) is 0 Å². The minimum Gasteiger partial charge on any atom is -0.395 e. The summed E-state index contributed by atoms with van der Waals surface area (Å²) in [6.45, 7) is 7.17. The van der Waals surface area contributed by atoms with Crippen LogP contribution in [0.2, 0.25) is 0 Å². The lowest BCUT2D eigenvalue weighted by molar-refractivity contribution is -0.128. The molecular formula is C14H27NO2.